The molecular formula is C24H30N2O2. The Morgan fingerprint density at radius 3 is 2.68 bits per heavy atom. The highest BCUT2D eigenvalue weighted by Crippen LogP contribution is 2.23. The van der Waals surface area contributed by atoms with E-state index < -0.39 is 0 Å². The Bertz CT molecular complexity index is 814. The number of carbonyl (C=O) groups excluding carboxylic acids is 1. The molecule has 0 saturated heterocycles. The third kappa shape index (κ3) is 5.23. The molecule has 0 aromatic heterocycles. The maximum absolute atomic E-state index is 12.9. The van der Waals surface area contributed by atoms with Crippen molar-refractivity contribution >= 4 is 5.91 Å². The summed E-state index contributed by atoms with van der Waals surface area (Å²) < 4.78 is 5.34. The average Bonchev–Trinajstić information content (AvgIpc) is 2.89. The molecule has 1 N–H and O–H groups in total. The second-order valence-corrected chi connectivity index (χ2v) is 7.54. The van der Waals surface area contributed by atoms with Crippen LogP contribution in [0.15, 0.2) is 60.7 Å². The molecule has 0 aliphatic carbocycles. The molecule has 2 aromatic carbocycles. The van der Waals surface area contributed by atoms with Crippen molar-refractivity contribution in [2.24, 2.45) is 5.92 Å². The molecule has 0 radical (unpaired) electrons. The van der Waals surface area contributed by atoms with E-state index in [0.717, 1.165) is 30.8 Å². The molecule has 148 valence electrons. The minimum absolute atomic E-state index is 0.0604. The van der Waals surface area contributed by atoms with Gasteiger partial charge in [0.25, 0.3) is 0 Å². The number of hydrogen-bond acceptors (Lipinski definition) is 3. The molecule has 3 rings (SSSR count). The second-order valence-electron chi connectivity index (χ2n) is 7.54. The molecule has 2 atom stereocenters. The summed E-state index contributed by atoms with van der Waals surface area (Å²) in [7, 11) is 1.69. The van der Waals surface area contributed by atoms with Gasteiger partial charge in [-0.25, -0.2) is 0 Å². The number of carbonyl (C=O) groups is 1. The second kappa shape index (κ2) is 9.56. The van der Waals surface area contributed by atoms with Crippen molar-refractivity contribution in [3.63, 3.8) is 0 Å². The predicted octanol–water partition coefficient (Wildman–Crippen LogP) is 4.09. The highest BCUT2D eigenvalue weighted by atomic mass is 16.5. The van der Waals surface area contributed by atoms with Crippen LogP contribution in [-0.4, -0.2) is 30.5 Å². The first-order valence-corrected chi connectivity index (χ1v) is 9.92. The molecule has 4 nitrogen and oxygen atoms in total. The van der Waals surface area contributed by atoms with Crippen molar-refractivity contribution in [2.45, 2.75) is 39.4 Å². The minimum atomic E-state index is -0.0604. The minimum Gasteiger partial charge on any atom is -0.497 e. The molecule has 1 heterocycles. The van der Waals surface area contributed by atoms with E-state index in [2.05, 4.69) is 72.6 Å². The fourth-order valence-electron chi connectivity index (χ4n) is 3.64. The van der Waals surface area contributed by atoms with Gasteiger partial charge in [-0.15, -0.1) is 0 Å². The van der Waals surface area contributed by atoms with Crippen molar-refractivity contribution in [2.75, 3.05) is 13.7 Å². The van der Waals surface area contributed by atoms with Crippen LogP contribution in [0.4, 0.5) is 0 Å². The summed E-state index contributed by atoms with van der Waals surface area (Å²) in [6, 6.07) is 16.6. The van der Waals surface area contributed by atoms with Gasteiger partial charge in [-0.05, 0) is 43.5 Å². The maximum atomic E-state index is 12.9. The van der Waals surface area contributed by atoms with E-state index in [-0.39, 0.29) is 17.9 Å². The summed E-state index contributed by atoms with van der Waals surface area (Å²) in [6.45, 7) is 6.44. The van der Waals surface area contributed by atoms with Gasteiger partial charge in [0.2, 0.25) is 5.91 Å². The zero-order valence-electron chi connectivity index (χ0n) is 17.0. The number of nitrogens with one attached hydrogen (secondary N) is 1. The van der Waals surface area contributed by atoms with E-state index in [1.165, 1.54) is 11.1 Å². The lowest BCUT2D eigenvalue weighted by molar-refractivity contribution is -0.127. The lowest BCUT2D eigenvalue weighted by atomic mass is 9.95. The number of aryl methyl sites for hydroxylation is 1. The van der Waals surface area contributed by atoms with Gasteiger partial charge in [0.05, 0.1) is 13.0 Å². The molecule has 1 aliphatic rings. The zero-order chi connectivity index (χ0) is 19.9. The van der Waals surface area contributed by atoms with Crippen molar-refractivity contribution in [3.8, 4) is 5.75 Å². The van der Waals surface area contributed by atoms with Crippen LogP contribution in [0.1, 0.15) is 30.0 Å². The third-order valence-corrected chi connectivity index (χ3v) is 5.50. The predicted molar refractivity (Wildman–Crippen MR) is 113 cm³/mol. The molecule has 0 unspecified atom stereocenters. The molecular weight excluding hydrogens is 348 g/mol. The molecule has 0 saturated carbocycles. The van der Waals surface area contributed by atoms with Crippen LogP contribution in [0.3, 0.4) is 0 Å². The van der Waals surface area contributed by atoms with Gasteiger partial charge in [-0.1, -0.05) is 54.1 Å². The van der Waals surface area contributed by atoms with Crippen LogP contribution in [0.25, 0.3) is 0 Å². The van der Waals surface area contributed by atoms with Gasteiger partial charge < -0.3 is 10.1 Å². The van der Waals surface area contributed by atoms with Gasteiger partial charge in [0, 0.05) is 25.7 Å². The summed E-state index contributed by atoms with van der Waals surface area (Å²) in [5.74, 6) is 0.924. The molecule has 0 bridgehead atoms. The lowest BCUT2D eigenvalue weighted by Crippen LogP contribution is -2.44. The van der Waals surface area contributed by atoms with E-state index >= 15 is 0 Å². The van der Waals surface area contributed by atoms with Crippen LogP contribution < -0.4 is 10.1 Å². The monoisotopic (exact) mass is 378 g/mol. The van der Waals surface area contributed by atoms with Crippen LogP contribution in [0, 0.1) is 12.8 Å². The molecule has 0 spiro atoms. The van der Waals surface area contributed by atoms with Gasteiger partial charge >= 0.3 is 0 Å². The Morgan fingerprint density at radius 1 is 1.14 bits per heavy atom. The quantitative estimate of drug-likeness (QED) is 0.770. The van der Waals surface area contributed by atoms with Gasteiger partial charge in [-0.2, -0.15) is 0 Å². The lowest BCUT2D eigenvalue weighted by Gasteiger charge is -2.31. The van der Waals surface area contributed by atoms with E-state index in [4.69, 9.17) is 4.74 Å². The molecule has 28 heavy (non-hydrogen) atoms. The van der Waals surface area contributed by atoms with Gasteiger partial charge in [-0.3, -0.25) is 9.69 Å². The van der Waals surface area contributed by atoms with Crippen LogP contribution in [0.5, 0.6) is 5.75 Å². The smallest absolute Gasteiger partial charge is 0.225 e. The molecule has 1 amide bonds. The summed E-state index contributed by atoms with van der Waals surface area (Å²) in [6.07, 6.45) is 5.08. The zero-order valence-corrected chi connectivity index (χ0v) is 17.0. The third-order valence-electron chi connectivity index (χ3n) is 5.50. The van der Waals surface area contributed by atoms with Crippen LogP contribution >= 0.6 is 0 Å². The standard InChI is InChI=1S/C24H30N2O2/c1-18-10-12-20(13-11-18)16-25-24(27)23-9-4-5-14-26(19(23)2)17-21-7-6-8-22(15-21)28-3/h4-8,10-13,15,19,23H,9,14,16-17H2,1-3H3,(H,25,27)/t19-,23+/m1/s1. The van der Waals surface area contributed by atoms with Crippen molar-refractivity contribution in [1.29, 1.82) is 0 Å². The summed E-state index contributed by atoms with van der Waals surface area (Å²) in [5, 5.41) is 3.13. The van der Waals surface area contributed by atoms with E-state index in [0.29, 0.717) is 6.54 Å². The molecule has 2 aromatic rings. The van der Waals surface area contributed by atoms with E-state index in [9.17, 15) is 4.79 Å². The maximum Gasteiger partial charge on any atom is 0.225 e. The summed E-state index contributed by atoms with van der Waals surface area (Å²) >= 11 is 0. The Morgan fingerprint density at radius 2 is 1.93 bits per heavy atom. The number of allylic oxidation sites excluding steroid dienone is 1. The fraction of sp³-hybridized carbons (Fsp3) is 0.375. The van der Waals surface area contributed by atoms with E-state index in [1.807, 2.05) is 12.1 Å². The number of rotatable bonds is 6. The Balaban J connectivity index is 1.64. The Labute approximate surface area is 168 Å². The number of methoxy groups -OCH3 is 1. The first-order valence-electron chi connectivity index (χ1n) is 9.92. The van der Waals surface area contributed by atoms with Crippen molar-refractivity contribution in [1.82, 2.24) is 10.2 Å². The SMILES string of the molecule is COc1cccc(CN2CC=CC[C@H](C(=O)NCc3ccc(C)cc3)[C@H]2C)c1. The molecule has 4 heteroatoms. The van der Waals surface area contributed by atoms with Crippen LogP contribution in [-0.2, 0) is 17.9 Å². The highest BCUT2D eigenvalue weighted by molar-refractivity contribution is 5.79. The number of nitrogens with zero attached hydrogens (tertiary/aromatic N) is 1. The largest absolute Gasteiger partial charge is 0.497 e. The number of ether oxygens (including phenoxy) is 1. The summed E-state index contributed by atoms with van der Waals surface area (Å²) in [5.41, 5.74) is 3.55. The van der Waals surface area contributed by atoms with E-state index in [1.54, 1.807) is 7.11 Å². The first kappa shape index (κ1) is 20.2. The van der Waals surface area contributed by atoms with Gasteiger partial charge in [0.15, 0.2) is 0 Å². The average molecular weight is 379 g/mol. The Hall–Kier alpha value is -2.59. The molecule has 0 fully saturated rings. The molecule has 1 aliphatic heterocycles. The highest BCUT2D eigenvalue weighted by Gasteiger charge is 2.29. The topological polar surface area (TPSA) is 41.6 Å². The first-order chi connectivity index (χ1) is 13.6. The Kier molecular flexibility index (Phi) is 6.88. The summed E-state index contributed by atoms with van der Waals surface area (Å²) in [4.78, 5) is 15.3. The number of amides is 1. The number of hydrogen-bond donors (Lipinski definition) is 1. The van der Waals surface area contributed by atoms with Crippen molar-refractivity contribution in [3.05, 3.63) is 77.4 Å². The normalized spacial score (nSPS) is 19.8. The fourth-order valence-corrected chi connectivity index (χ4v) is 3.64. The van der Waals surface area contributed by atoms with Crippen LogP contribution in [0.2, 0.25) is 0 Å². The van der Waals surface area contributed by atoms with Crippen molar-refractivity contribution < 1.29 is 9.53 Å². The number of benzene rings is 2. The van der Waals surface area contributed by atoms with Gasteiger partial charge in [0.1, 0.15) is 5.75 Å².